The minimum absolute atomic E-state index is 0.00135. The summed E-state index contributed by atoms with van der Waals surface area (Å²) in [5.41, 5.74) is 0.772. The van der Waals surface area contributed by atoms with Gasteiger partial charge in [-0.2, -0.15) is 0 Å². The van der Waals surface area contributed by atoms with E-state index < -0.39 is 10.8 Å². The highest BCUT2D eigenvalue weighted by molar-refractivity contribution is 5.98. The summed E-state index contributed by atoms with van der Waals surface area (Å²) in [7, 11) is 0. The normalized spacial score (nSPS) is 16.7. The number of likely N-dealkylation sites (tertiary alicyclic amines) is 1. The van der Waals surface area contributed by atoms with Crippen LogP contribution in [0.1, 0.15) is 22.3 Å². The van der Waals surface area contributed by atoms with Gasteiger partial charge in [-0.1, -0.05) is 42.5 Å². The number of hydrogen-bond acceptors (Lipinski definition) is 4. The number of carbonyl (C=O) groups is 2. The molecule has 1 fully saturated rings. The van der Waals surface area contributed by atoms with E-state index in [-0.39, 0.29) is 29.6 Å². The molecule has 1 heterocycles. The van der Waals surface area contributed by atoms with Crippen molar-refractivity contribution in [1.82, 2.24) is 10.2 Å². The second kappa shape index (κ2) is 7.12. The Kier molecular flexibility index (Phi) is 4.74. The summed E-state index contributed by atoms with van der Waals surface area (Å²) in [6, 6.07) is 15.0. The number of para-hydroxylation sites is 1. The Hall–Kier alpha value is -3.22. The molecule has 0 saturated carbocycles. The molecule has 2 amide bonds. The molecule has 128 valence electrons. The van der Waals surface area contributed by atoms with Crippen molar-refractivity contribution in [3.8, 4) is 0 Å². The third-order valence-corrected chi connectivity index (χ3v) is 4.11. The average Bonchev–Trinajstić information content (AvgIpc) is 2.94. The lowest BCUT2D eigenvalue weighted by atomic mass is 10.1. The van der Waals surface area contributed by atoms with Crippen molar-refractivity contribution in [2.75, 3.05) is 6.54 Å². The molecule has 0 aromatic heterocycles. The number of nitro benzene ring substituents is 1. The van der Waals surface area contributed by atoms with Crippen LogP contribution >= 0.6 is 0 Å². The SMILES string of the molecule is O=C(NC1CC(=O)N(Cc2ccccc2)C1)c1ccccc1[N+](=O)[O-]. The van der Waals surface area contributed by atoms with Gasteiger partial charge < -0.3 is 10.2 Å². The van der Waals surface area contributed by atoms with Crippen molar-refractivity contribution in [1.29, 1.82) is 0 Å². The third kappa shape index (κ3) is 3.82. The first-order valence-corrected chi connectivity index (χ1v) is 7.90. The minimum atomic E-state index is -0.587. The van der Waals surface area contributed by atoms with Crippen LogP contribution in [-0.4, -0.2) is 34.2 Å². The van der Waals surface area contributed by atoms with Crippen molar-refractivity contribution >= 4 is 17.5 Å². The molecule has 0 bridgehead atoms. The molecular formula is C18H17N3O4. The standard InChI is InChI=1S/C18H17N3O4/c22-17-10-14(12-20(17)11-13-6-2-1-3-7-13)19-18(23)15-8-4-5-9-16(15)21(24)25/h1-9,14H,10-12H2,(H,19,23). The molecule has 1 aliphatic rings. The fourth-order valence-electron chi connectivity index (χ4n) is 2.91. The zero-order valence-corrected chi connectivity index (χ0v) is 13.4. The number of hydrogen-bond donors (Lipinski definition) is 1. The van der Waals surface area contributed by atoms with Gasteiger partial charge in [-0.05, 0) is 11.6 Å². The lowest BCUT2D eigenvalue weighted by Gasteiger charge is -2.17. The summed E-state index contributed by atoms with van der Waals surface area (Å²) in [4.78, 5) is 36.6. The number of amides is 2. The topological polar surface area (TPSA) is 92.6 Å². The van der Waals surface area contributed by atoms with E-state index >= 15 is 0 Å². The summed E-state index contributed by atoms with van der Waals surface area (Å²) < 4.78 is 0. The zero-order valence-electron chi connectivity index (χ0n) is 13.4. The van der Waals surface area contributed by atoms with E-state index in [4.69, 9.17) is 0 Å². The van der Waals surface area contributed by atoms with Crippen molar-refractivity contribution in [3.63, 3.8) is 0 Å². The lowest BCUT2D eigenvalue weighted by Crippen LogP contribution is -2.37. The van der Waals surface area contributed by atoms with Crippen molar-refractivity contribution < 1.29 is 14.5 Å². The fourth-order valence-corrected chi connectivity index (χ4v) is 2.91. The van der Waals surface area contributed by atoms with E-state index in [0.717, 1.165) is 5.56 Å². The van der Waals surface area contributed by atoms with Gasteiger partial charge in [-0.15, -0.1) is 0 Å². The molecule has 1 unspecified atom stereocenters. The molecule has 7 heteroatoms. The predicted molar refractivity (Wildman–Crippen MR) is 90.8 cm³/mol. The first-order valence-electron chi connectivity index (χ1n) is 7.90. The van der Waals surface area contributed by atoms with Crippen LogP contribution in [0, 0.1) is 10.1 Å². The Morgan fingerprint density at radius 2 is 1.84 bits per heavy atom. The maximum absolute atomic E-state index is 12.4. The average molecular weight is 339 g/mol. The third-order valence-electron chi connectivity index (χ3n) is 4.11. The molecule has 7 nitrogen and oxygen atoms in total. The second-order valence-corrected chi connectivity index (χ2v) is 5.91. The summed E-state index contributed by atoms with van der Waals surface area (Å²) in [6.45, 7) is 0.873. The Morgan fingerprint density at radius 1 is 1.16 bits per heavy atom. The number of nitrogens with zero attached hydrogens (tertiary/aromatic N) is 2. The number of benzene rings is 2. The summed E-state index contributed by atoms with van der Waals surface area (Å²) in [6.07, 6.45) is 0.194. The number of rotatable bonds is 5. The largest absolute Gasteiger partial charge is 0.347 e. The first-order chi connectivity index (χ1) is 12.0. The van der Waals surface area contributed by atoms with Gasteiger partial charge in [0.05, 0.1) is 11.0 Å². The molecule has 2 aromatic rings. The molecular weight excluding hydrogens is 322 g/mol. The van der Waals surface area contributed by atoms with Crippen LogP contribution in [0.3, 0.4) is 0 Å². The second-order valence-electron chi connectivity index (χ2n) is 5.91. The van der Waals surface area contributed by atoms with Gasteiger partial charge in [0.2, 0.25) is 5.91 Å². The quantitative estimate of drug-likeness (QED) is 0.667. The number of carbonyl (C=O) groups excluding carboxylic acids is 2. The Morgan fingerprint density at radius 3 is 2.56 bits per heavy atom. The first kappa shape index (κ1) is 16.6. The molecule has 1 atom stereocenters. The van der Waals surface area contributed by atoms with Crippen LogP contribution < -0.4 is 5.32 Å². The molecule has 2 aromatic carbocycles. The molecule has 1 N–H and O–H groups in total. The maximum Gasteiger partial charge on any atom is 0.282 e. The Balaban J connectivity index is 1.65. The van der Waals surface area contributed by atoms with Gasteiger partial charge in [-0.25, -0.2) is 0 Å². The van der Waals surface area contributed by atoms with Gasteiger partial charge in [0.15, 0.2) is 0 Å². The molecule has 1 aliphatic heterocycles. The summed E-state index contributed by atoms with van der Waals surface area (Å²) in [5.74, 6) is -0.580. The van der Waals surface area contributed by atoms with Gasteiger partial charge in [0.25, 0.3) is 11.6 Å². The van der Waals surface area contributed by atoms with Crippen LogP contribution in [0.2, 0.25) is 0 Å². The lowest BCUT2D eigenvalue weighted by molar-refractivity contribution is -0.385. The van der Waals surface area contributed by atoms with Crippen LogP contribution in [0.4, 0.5) is 5.69 Å². The molecule has 0 aliphatic carbocycles. The van der Waals surface area contributed by atoms with E-state index in [1.54, 1.807) is 11.0 Å². The molecule has 0 spiro atoms. The van der Waals surface area contributed by atoms with E-state index in [0.29, 0.717) is 13.1 Å². The fraction of sp³-hybridized carbons (Fsp3) is 0.222. The number of nitrogens with one attached hydrogen (secondary N) is 1. The highest BCUT2D eigenvalue weighted by Gasteiger charge is 2.31. The molecule has 1 saturated heterocycles. The van der Waals surface area contributed by atoms with Crippen molar-refractivity contribution in [3.05, 3.63) is 75.8 Å². The smallest absolute Gasteiger partial charge is 0.282 e. The van der Waals surface area contributed by atoms with Crippen LogP contribution in [0.5, 0.6) is 0 Å². The number of nitro groups is 1. The molecule has 3 rings (SSSR count). The highest BCUT2D eigenvalue weighted by Crippen LogP contribution is 2.19. The van der Waals surface area contributed by atoms with Crippen molar-refractivity contribution in [2.24, 2.45) is 0 Å². The van der Waals surface area contributed by atoms with E-state index in [2.05, 4.69) is 5.32 Å². The van der Waals surface area contributed by atoms with E-state index in [1.165, 1.54) is 18.2 Å². The molecule has 0 radical (unpaired) electrons. The highest BCUT2D eigenvalue weighted by atomic mass is 16.6. The molecule has 25 heavy (non-hydrogen) atoms. The summed E-state index contributed by atoms with van der Waals surface area (Å²) >= 11 is 0. The van der Waals surface area contributed by atoms with Gasteiger partial charge in [0.1, 0.15) is 5.56 Å². The van der Waals surface area contributed by atoms with Crippen LogP contribution in [0.15, 0.2) is 54.6 Å². The predicted octanol–water partition coefficient (Wildman–Crippen LogP) is 2.13. The Labute approximate surface area is 144 Å². The minimum Gasteiger partial charge on any atom is -0.347 e. The monoisotopic (exact) mass is 339 g/mol. The van der Waals surface area contributed by atoms with Gasteiger partial charge in [0, 0.05) is 25.6 Å². The Bertz CT molecular complexity index is 807. The van der Waals surface area contributed by atoms with Crippen molar-refractivity contribution in [2.45, 2.75) is 19.0 Å². The van der Waals surface area contributed by atoms with Gasteiger partial charge >= 0.3 is 0 Å². The van der Waals surface area contributed by atoms with Gasteiger partial charge in [-0.3, -0.25) is 19.7 Å². The van der Waals surface area contributed by atoms with E-state index in [1.807, 2.05) is 30.3 Å². The van der Waals surface area contributed by atoms with Crippen LogP contribution in [0.25, 0.3) is 0 Å². The van der Waals surface area contributed by atoms with Crippen LogP contribution in [-0.2, 0) is 11.3 Å². The maximum atomic E-state index is 12.4. The summed E-state index contributed by atoms with van der Waals surface area (Å²) in [5, 5.41) is 13.8. The zero-order chi connectivity index (χ0) is 17.8. The van der Waals surface area contributed by atoms with E-state index in [9.17, 15) is 19.7 Å².